The number of unbranched alkanes of at least 4 members (excludes halogenated alkanes) is 1. The van der Waals surface area contributed by atoms with Crippen LogP contribution >= 0.6 is 12.6 Å². The van der Waals surface area contributed by atoms with Crippen LogP contribution in [-0.4, -0.2) is 88.1 Å². The Morgan fingerprint density at radius 1 is 0.867 bits per heavy atom. The average Bonchev–Trinajstić information content (AvgIpc) is 2.69. The van der Waals surface area contributed by atoms with Crippen molar-refractivity contribution in [1.82, 2.24) is 16.0 Å². The summed E-state index contributed by atoms with van der Waals surface area (Å²) in [6.07, 6.45) is 0.315. The van der Waals surface area contributed by atoms with Crippen LogP contribution in [0.25, 0.3) is 0 Å². The van der Waals surface area contributed by atoms with Gasteiger partial charge in [-0.15, -0.1) is 0 Å². The average molecular weight is 452 g/mol. The van der Waals surface area contributed by atoms with Crippen molar-refractivity contribution in [2.24, 2.45) is 11.5 Å². The summed E-state index contributed by atoms with van der Waals surface area (Å²) in [5.74, 6) is -5.58. The number of hydrogen-bond acceptors (Lipinski definition) is 9. The minimum atomic E-state index is -1.76. The van der Waals surface area contributed by atoms with Gasteiger partial charge in [0, 0.05) is 5.75 Å². The van der Waals surface area contributed by atoms with E-state index in [0.29, 0.717) is 19.4 Å². The van der Waals surface area contributed by atoms with Gasteiger partial charge in [-0.05, 0) is 25.8 Å². The zero-order chi connectivity index (χ0) is 23.3. The van der Waals surface area contributed by atoms with Gasteiger partial charge in [0.05, 0.1) is 19.1 Å². The number of nitrogens with one attached hydrogen (secondary N) is 3. The lowest BCUT2D eigenvalue weighted by molar-refractivity contribution is -0.147. The number of nitrogens with two attached hydrogens (primary N) is 2. The van der Waals surface area contributed by atoms with Crippen LogP contribution in [0.15, 0.2) is 0 Å². The summed E-state index contributed by atoms with van der Waals surface area (Å²) in [6, 6.07) is -5.39. The highest BCUT2D eigenvalue weighted by Crippen LogP contribution is 2.03. The number of carbonyl (C=O) groups is 5. The van der Waals surface area contributed by atoms with Crippen molar-refractivity contribution in [3.63, 3.8) is 0 Å². The van der Waals surface area contributed by atoms with Gasteiger partial charge >= 0.3 is 11.9 Å². The van der Waals surface area contributed by atoms with Crippen molar-refractivity contribution in [2.45, 2.75) is 49.9 Å². The first-order valence-electron chi connectivity index (χ1n) is 9.10. The van der Waals surface area contributed by atoms with Gasteiger partial charge in [0.25, 0.3) is 0 Å². The molecular weight excluding hydrogens is 422 g/mol. The van der Waals surface area contributed by atoms with Crippen molar-refractivity contribution < 1.29 is 39.3 Å². The SMILES string of the molecule is NCCCCC(NC(=O)C(N)CS)C(=O)NC(CO)C(=O)NC(CC(=O)O)C(=O)O. The summed E-state index contributed by atoms with van der Waals surface area (Å²) in [6.45, 7) is -0.531. The smallest absolute Gasteiger partial charge is 0.326 e. The minimum Gasteiger partial charge on any atom is -0.481 e. The molecule has 0 saturated carbocycles. The first kappa shape index (κ1) is 27.6. The highest BCUT2D eigenvalue weighted by molar-refractivity contribution is 7.80. The van der Waals surface area contributed by atoms with Crippen LogP contribution in [0.2, 0.25) is 0 Å². The predicted octanol–water partition coefficient (Wildman–Crippen LogP) is -3.62. The molecular formula is C16H29N5O8S. The molecule has 0 saturated heterocycles. The van der Waals surface area contributed by atoms with E-state index in [1.54, 1.807) is 0 Å². The minimum absolute atomic E-state index is 0.0325. The number of aliphatic hydroxyl groups is 1. The number of carbonyl (C=O) groups excluding carboxylic acids is 3. The summed E-state index contributed by atoms with van der Waals surface area (Å²) >= 11 is 3.91. The number of hydrogen-bond donors (Lipinski definition) is 9. The predicted molar refractivity (Wildman–Crippen MR) is 108 cm³/mol. The van der Waals surface area contributed by atoms with E-state index in [-0.39, 0.29) is 12.2 Å². The highest BCUT2D eigenvalue weighted by Gasteiger charge is 2.30. The molecule has 4 unspecified atom stereocenters. The van der Waals surface area contributed by atoms with Crippen molar-refractivity contribution in [2.75, 3.05) is 18.9 Å². The van der Waals surface area contributed by atoms with Gasteiger partial charge in [-0.25, -0.2) is 4.79 Å². The van der Waals surface area contributed by atoms with Gasteiger partial charge in [-0.2, -0.15) is 12.6 Å². The second-order valence-electron chi connectivity index (χ2n) is 6.38. The molecule has 4 atom stereocenters. The molecule has 0 fully saturated rings. The van der Waals surface area contributed by atoms with Crippen molar-refractivity contribution in [3.05, 3.63) is 0 Å². The molecule has 0 radical (unpaired) electrons. The maximum absolute atomic E-state index is 12.5. The fraction of sp³-hybridized carbons (Fsp3) is 0.688. The van der Waals surface area contributed by atoms with Gasteiger partial charge in [-0.3, -0.25) is 19.2 Å². The summed E-state index contributed by atoms with van der Waals surface area (Å²) < 4.78 is 0. The number of thiol groups is 1. The Hall–Kier alpha value is -2.42. The molecule has 0 rings (SSSR count). The van der Waals surface area contributed by atoms with Crippen molar-refractivity contribution >= 4 is 42.3 Å². The number of aliphatic carboxylic acids is 2. The van der Waals surface area contributed by atoms with Crippen LogP contribution in [0, 0.1) is 0 Å². The van der Waals surface area contributed by atoms with E-state index in [1.807, 2.05) is 5.32 Å². The Labute approximate surface area is 178 Å². The Balaban J connectivity index is 5.19. The van der Waals surface area contributed by atoms with Crippen LogP contribution in [0.4, 0.5) is 0 Å². The van der Waals surface area contributed by atoms with Gasteiger partial charge in [-0.1, -0.05) is 0 Å². The van der Waals surface area contributed by atoms with E-state index < -0.39 is 66.9 Å². The third-order valence-corrected chi connectivity index (χ3v) is 4.32. The summed E-state index contributed by atoms with van der Waals surface area (Å²) in [4.78, 5) is 58.5. The van der Waals surface area contributed by atoms with Crippen molar-refractivity contribution in [3.8, 4) is 0 Å². The van der Waals surface area contributed by atoms with Crippen LogP contribution in [-0.2, 0) is 24.0 Å². The van der Waals surface area contributed by atoms with E-state index in [0.717, 1.165) is 0 Å². The second-order valence-corrected chi connectivity index (χ2v) is 6.74. The summed E-state index contributed by atoms with van der Waals surface area (Å²) in [5, 5.41) is 33.7. The topological polar surface area (TPSA) is 234 Å². The van der Waals surface area contributed by atoms with Crippen LogP contribution in [0.1, 0.15) is 25.7 Å². The molecule has 14 heteroatoms. The molecule has 0 bridgehead atoms. The zero-order valence-corrected chi connectivity index (χ0v) is 17.1. The highest BCUT2D eigenvalue weighted by atomic mass is 32.1. The van der Waals surface area contributed by atoms with Crippen LogP contribution < -0.4 is 27.4 Å². The molecule has 30 heavy (non-hydrogen) atoms. The maximum Gasteiger partial charge on any atom is 0.326 e. The molecule has 0 spiro atoms. The third kappa shape index (κ3) is 10.4. The van der Waals surface area contributed by atoms with E-state index >= 15 is 0 Å². The maximum atomic E-state index is 12.5. The number of aliphatic hydroxyl groups excluding tert-OH is 1. The molecule has 0 aromatic heterocycles. The molecule has 0 aliphatic carbocycles. The number of carboxylic acid groups (broad SMARTS) is 2. The van der Waals surface area contributed by atoms with Gasteiger partial charge < -0.3 is 42.7 Å². The fourth-order valence-corrected chi connectivity index (χ4v) is 2.40. The Bertz CT molecular complexity index is 620. The lowest BCUT2D eigenvalue weighted by Gasteiger charge is -2.24. The number of carboxylic acids is 2. The van der Waals surface area contributed by atoms with E-state index in [1.165, 1.54) is 0 Å². The Morgan fingerprint density at radius 2 is 1.40 bits per heavy atom. The molecule has 0 aromatic rings. The molecule has 0 aliphatic heterocycles. The van der Waals surface area contributed by atoms with E-state index in [9.17, 15) is 29.1 Å². The number of amides is 3. The van der Waals surface area contributed by atoms with Gasteiger partial charge in [0.1, 0.15) is 18.1 Å². The van der Waals surface area contributed by atoms with Gasteiger partial charge in [0.2, 0.25) is 17.7 Å². The Morgan fingerprint density at radius 3 is 1.87 bits per heavy atom. The number of rotatable bonds is 15. The lowest BCUT2D eigenvalue weighted by atomic mass is 10.1. The van der Waals surface area contributed by atoms with Crippen LogP contribution in [0.5, 0.6) is 0 Å². The quantitative estimate of drug-likeness (QED) is 0.0875. The molecule has 172 valence electrons. The van der Waals surface area contributed by atoms with Crippen LogP contribution in [0.3, 0.4) is 0 Å². The fourth-order valence-electron chi connectivity index (χ4n) is 2.24. The first-order chi connectivity index (χ1) is 14.1. The molecule has 13 nitrogen and oxygen atoms in total. The third-order valence-electron chi connectivity index (χ3n) is 3.92. The Kier molecular flexibility index (Phi) is 13.4. The van der Waals surface area contributed by atoms with E-state index in [4.69, 9.17) is 21.7 Å². The lowest BCUT2D eigenvalue weighted by Crippen LogP contribution is -2.58. The molecule has 0 aromatic carbocycles. The monoisotopic (exact) mass is 451 g/mol. The zero-order valence-electron chi connectivity index (χ0n) is 16.2. The largest absolute Gasteiger partial charge is 0.481 e. The first-order valence-corrected chi connectivity index (χ1v) is 9.73. The summed E-state index contributed by atoms with van der Waals surface area (Å²) in [7, 11) is 0. The van der Waals surface area contributed by atoms with Crippen molar-refractivity contribution in [1.29, 1.82) is 0 Å². The van der Waals surface area contributed by atoms with Gasteiger partial charge in [0.15, 0.2) is 0 Å². The standard InChI is InChI=1S/C16H29N5O8S/c17-4-2-1-3-9(19-13(25)8(18)7-30)14(26)21-11(6-22)15(27)20-10(16(28)29)5-12(23)24/h8-11,22,30H,1-7,17-18H2,(H,19,25)(H,20,27)(H,21,26)(H,23,24)(H,28,29). The molecule has 10 N–H and O–H groups in total. The van der Waals surface area contributed by atoms with E-state index in [2.05, 4.69) is 23.3 Å². The second kappa shape index (κ2) is 14.5. The molecule has 3 amide bonds. The summed E-state index contributed by atoms with van der Waals surface area (Å²) in [5.41, 5.74) is 11.0. The molecule has 0 aliphatic rings. The molecule has 0 heterocycles. The normalized spacial score (nSPS) is 14.7.